The molecule has 0 amide bonds. The van der Waals surface area contributed by atoms with Crippen molar-refractivity contribution >= 4 is 5.71 Å². The Morgan fingerprint density at radius 1 is 1.54 bits per heavy atom. The van der Waals surface area contributed by atoms with E-state index < -0.39 is 0 Å². The van der Waals surface area contributed by atoms with Gasteiger partial charge in [-0.05, 0) is 37.2 Å². The average molecular weight is 177 g/mol. The van der Waals surface area contributed by atoms with E-state index in [4.69, 9.17) is 5.73 Å². The van der Waals surface area contributed by atoms with Crippen LogP contribution < -0.4 is 11.2 Å². The van der Waals surface area contributed by atoms with E-state index in [1.807, 2.05) is 0 Å². The molecule has 0 saturated heterocycles. The van der Waals surface area contributed by atoms with E-state index in [1.54, 1.807) is 0 Å². The first-order valence-electron chi connectivity index (χ1n) is 5.02. The molecule has 0 aromatic rings. The van der Waals surface area contributed by atoms with Gasteiger partial charge in [-0.3, -0.25) is 5.43 Å². The molecule has 70 valence electrons. The van der Waals surface area contributed by atoms with Gasteiger partial charge in [-0.25, -0.2) is 0 Å². The highest BCUT2D eigenvalue weighted by Gasteiger charge is 2.49. The molecule has 3 aliphatic rings. The molecule has 4 atom stereocenters. The van der Waals surface area contributed by atoms with Crippen molar-refractivity contribution in [2.24, 2.45) is 28.6 Å². The van der Waals surface area contributed by atoms with Gasteiger partial charge in [0.15, 0.2) is 0 Å². The van der Waals surface area contributed by atoms with Gasteiger partial charge >= 0.3 is 0 Å². The minimum atomic E-state index is 0.403. The van der Waals surface area contributed by atoms with Crippen LogP contribution in [0.1, 0.15) is 19.8 Å². The SMILES string of the molecule is CC1=NNC=C2C3CC(CC3N)C21. The summed E-state index contributed by atoms with van der Waals surface area (Å²) in [7, 11) is 0. The largest absolute Gasteiger partial charge is 0.327 e. The zero-order chi connectivity index (χ0) is 9.00. The van der Waals surface area contributed by atoms with Crippen LogP contribution in [0.2, 0.25) is 0 Å². The fourth-order valence-corrected chi connectivity index (χ4v) is 3.33. The highest BCUT2D eigenvalue weighted by Crippen LogP contribution is 2.52. The first-order valence-corrected chi connectivity index (χ1v) is 5.02. The topological polar surface area (TPSA) is 50.4 Å². The molecule has 0 aromatic heterocycles. The maximum Gasteiger partial charge on any atom is 0.0426 e. The number of nitrogens with zero attached hydrogens (tertiary/aromatic N) is 1. The van der Waals surface area contributed by atoms with Crippen molar-refractivity contribution in [1.29, 1.82) is 0 Å². The predicted molar refractivity (Wildman–Crippen MR) is 52.0 cm³/mol. The number of nitrogens with one attached hydrogen (secondary N) is 1. The minimum absolute atomic E-state index is 0.403. The van der Waals surface area contributed by atoms with Crippen LogP contribution in [-0.2, 0) is 0 Å². The summed E-state index contributed by atoms with van der Waals surface area (Å²) in [6.07, 6.45) is 4.55. The summed E-state index contributed by atoms with van der Waals surface area (Å²) in [6.45, 7) is 2.12. The maximum absolute atomic E-state index is 6.06. The van der Waals surface area contributed by atoms with Crippen LogP contribution in [0.3, 0.4) is 0 Å². The molecular formula is C10H15N3. The van der Waals surface area contributed by atoms with Crippen molar-refractivity contribution in [2.45, 2.75) is 25.8 Å². The maximum atomic E-state index is 6.06. The second-order valence-electron chi connectivity index (χ2n) is 4.51. The van der Waals surface area contributed by atoms with Gasteiger partial charge in [-0.2, -0.15) is 5.10 Å². The highest BCUT2D eigenvalue weighted by atomic mass is 15.3. The zero-order valence-corrected chi connectivity index (χ0v) is 7.83. The summed E-state index contributed by atoms with van der Waals surface area (Å²) in [6, 6.07) is 0.403. The summed E-state index contributed by atoms with van der Waals surface area (Å²) < 4.78 is 0. The van der Waals surface area contributed by atoms with Gasteiger partial charge in [0.2, 0.25) is 0 Å². The lowest BCUT2D eigenvalue weighted by Crippen LogP contribution is -2.36. The van der Waals surface area contributed by atoms with Crippen molar-refractivity contribution in [3.63, 3.8) is 0 Å². The molecular weight excluding hydrogens is 162 g/mol. The normalized spacial score (nSPS) is 46.6. The molecule has 13 heavy (non-hydrogen) atoms. The Morgan fingerprint density at radius 2 is 2.38 bits per heavy atom. The Hall–Kier alpha value is -0.830. The van der Waals surface area contributed by atoms with E-state index in [9.17, 15) is 0 Å². The van der Waals surface area contributed by atoms with E-state index in [0.717, 1.165) is 5.92 Å². The molecule has 2 aliphatic carbocycles. The second-order valence-corrected chi connectivity index (χ2v) is 4.51. The van der Waals surface area contributed by atoms with Crippen LogP contribution in [0.15, 0.2) is 16.9 Å². The van der Waals surface area contributed by atoms with Crippen molar-refractivity contribution in [1.82, 2.24) is 5.43 Å². The van der Waals surface area contributed by atoms with Gasteiger partial charge in [0.25, 0.3) is 0 Å². The molecule has 2 fully saturated rings. The quantitative estimate of drug-likeness (QED) is 0.576. The number of hydrogen-bond donors (Lipinski definition) is 2. The third-order valence-electron chi connectivity index (χ3n) is 3.83. The number of hydrogen-bond acceptors (Lipinski definition) is 3. The van der Waals surface area contributed by atoms with E-state index in [2.05, 4.69) is 23.7 Å². The van der Waals surface area contributed by atoms with Crippen LogP contribution in [0.5, 0.6) is 0 Å². The first kappa shape index (κ1) is 7.56. The molecule has 3 nitrogen and oxygen atoms in total. The molecule has 3 N–H and O–H groups in total. The Labute approximate surface area is 78.1 Å². The highest BCUT2D eigenvalue weighted by molar-refractivity contribution is 5.88. The van der Waals surface area contributed by atoms with Crippen molar-refractivity contribution < 1.29 is 0 Å². The molecule has 0 spiro atoms. The summed E-state index contributed by atoms with van der Waals surface area (Å²) in [5.74, 6) is 2.02. The molecule has 3 heteroatoms. The van der Waals surface area contributed by atoms with Gasteiger partial charge in [0.05, 0.1) is 0 Å². The molecule has 0 aromatic carbocycles. The van der Waals surface area contributed by atoms with Crippen molar-refractivity contribution in [2.75, 3.05) is 0 Å². The van der Waals surface area contributed by atoms with Gasteiger partial charge in [-0.1, -0.05) is 0 Å². The molecule has 1 heterocycles. The predicted octanol–water partition coefficient (Wildman–Crippen LogP) is 0.833. The standard InChI is InChI=1S/C10H15N3/c1-5-10-6-2-7(9(11)3-6)8(10)4-12-13-5/h4,6-7,9-10,12H,2-3,11H2,1H3. The van der Waals surface area contributed by atoms with Crippen LogP contribution in [0, 0.1) is 17.8 Å². The zero-order valence-electron chi connectivity index (χ0n) is 7.83. The fraction of sp³-hybridized carbons (Fsp3) is 0.700. The van der Waals surface area contributed by atoms with Gasteiger partial charge in [-0.15, -0.1) is 0 Å². The minimum Gasteiger partial charge on any atom is -0.327 e. The number of nitrogens with two attached hydrogens (primary N) is 1. The Kier molecular flexibility index (Phi) is 1.37. The lowest BCUT2D eigenvalue weighted by molar-refractivity contribution is 0.440. The van der Waals surface area contributed by atoms with Gasteiger partial charge < -0.3 is 5.73 Å². The molecule has 2 bridgehead atoms. The molecule has 0 radical (unpaired) electrons. The second kappa shape index (κ2) is 2.35. The molecule has 2 saturated carbocycles. The Bertz CT molecular complexity index is 305. The lowest BCUT2D eigenvalue weighted by atomic mass is 9.79. The van der Waals surface area contributed by atoms with E-state index in [0.29, 0.717) is 17.9 Å². The average Bonchev–Trinajstić information content (AvgIpc) is 2.61. The van der Waals surface area contributed by atoms with Crippen molar-refractivity contribution in [3.05, 3.63) is 11.8 Å². The third kappa shape index (κ3) is 0.854. The van der Waals surface area contributed by atoms with Crippen LogP contribution in [0.4, 0.5) is 0 Å². The molecule has 3 rings (SSSR count). The summed E-state index contributed by atoms with van der Waals surface area (Å²) in [5.41, 5.74) is 11.8. The van der Waals surface area contributed by atoms with Crippen LogP contribution in [-0.4, -0.2) is 11.8 Å². The van der Waals surface area contributed by atoms with Gasteiger partial charge in [0, 0.05) is 23.9 Å². The van der Waals surface area contributed by atoms with Crippen LogP contribution in [0.25, 0.3) is 0 Å². The summed E-state index contributed by atoms with van der Waals surface area (Å²) in [4.78, 5) is 0. The summed E-state index contributed by atoms with van der Waals surface area (Å²) >= 11 is 0. The number of fused-ring (bicyclic) bond motifs is 5. The smallest absolute Gasteiger partial charge is 0.0426 e. The van der Waals surface area contributed by atoms with E-state index in [1.165, 1.54) is 24.1 Å². The number of rotatable bonds is 0. The summed E-state index contributed by atoms with van der Waals surface area (Å²) in [5, 5.41) is 4.27. The van der Waals surface area contributed by atoms with Gasteiger partial charge in [0.1, 0.15) is 0 Å². The monoisotopic (exact) mass is 177 g/mol. The van der Waals surface area contributed by atoms with Crippen LogP contribution >= 0.6 is 0 Å². The number of hydrazone groups is 1. The fourth-order valence-electron chi connectivity index (χ4n) is 3.33. The first-order chi connectivity index (χ1) is 6.27. The van der Waals surface area contributed by atoms with E-state index >= 15 is 0 Å². The third-order valence-corrected chi connectivity index (χ3v) is 3.83. The Morgan fingerprint density at radius 3 is 3.23 bits per heavy atom. The van der Waals surface area contributed by atoms with Crippen molar-refractivity contribution in [3.8, 4) is 0 Å². The lowest BCUT2D eigenvalue weighted by Gasteiger charge is -2.30. The molecule has 1 aliphatic heterocycles. The Balaban J connectivity index is 2.00. The molecule has 4 unspecified atom stereocenters. The van der Waals surface area contributed by atoms with E-state index in [-0.39, 0.29) is 0 Å².